The number of halogens is 4. The Morgan fingerprint density at radius 2 is 2.10 bits per heavy atom. The number of alkyl halides is 3. The first-order valence-corrected chi connectivity index (χ1v) is 6.43. The molecule has 8 heteroatoms. The molecule has 1 heterocycles. The molecule has 2 amide bonds. The van der Waals surface area contributed by atoms with Gasteiger partial charge in [-0.1, -0.05) is 15.9 Å². The second-order valence-corrected chi connectivity index (χ2v) is 5.39. The molecule has 1 unspecified atom stereocenters. The summed E-state index contributed by atoms with van der Waals surface area (Å²) in [4.78, 5) is 23.8. The number of carbonyl (C=O) groups is 2. The van der Waals surface area contributed by atoms with Gasteiger partial charge in [0, 0.05) is 16.6 Å². The second-order valence-electron chi connectivity index (χ2n) is 4.48. The maximum absolute atomic E-state index is 13.1. The third-order valence-corrected chi connectivity index (χ3v) is 3.54. The fourth-order valence-corrected chi connectivity index (χ4v) is 2.57. The lowest BCUT2D eigenvalue weighted by atomic mass is 9.88. The van der Waals surface area contributed by atoms with Crippen LogP contribution in [-0.2, 0) is 4.79 Å². The number of amides is 2. The van der Waals surface area contributed by atoms with Crippen molar-refractivity contribution in [2.45, 2.75) is 12.1 Å². The zero-order chi connectivity index (χ0) is 15.1. The molecule has 0 aromatic heterocycles. The summed E-state index contributed by atoms with van der Waals surface area (Å²) in [6, 6.07) is 4.08. The van der Waals surface area contributed by atoms with Gasteiger partial charge in [0.25, 0.3) is 5.91 Å². The summed E-state index contributed by atoms with van der Waals surface area (Å²) in [5.74, 6) is -3.29. The third kappa shape index (κ3) is 2.79. The molecule has 0 fully saturated rings. The molecule has 1 atom stereocenters. The summed E-state index contributed by atoms with van der Waals surface area (Å²) in [5.41, 5.74) is 4.82. The van der Waals surface area contributed by atoms with E-state index in [-0.39, 0.29) is 11.1 Å². The van der Waals surface area contributed by atoms with E-state index < -0.39 is 37.0 Å². The van der Waals surface area contributed by atoms with E-state index >= 15 is 0 Å². The lowest BCUT2D eigenvalue weighted by Crippen LogP contribution is -2.47. The van der Waals surface area contributed by atoms with Crippen LogP contribution in [0.15, 0.2) is 22.7 Å². The first kappa shape index (κ1) is 14.8. The molecular formula is C12H10BrF3N2O2. The zero-order valence-corrected chi connectivity index (χ0v) is 11.7. The minimum atomic E-state index is -4.51. The Labute approximate surface area is 120 Å². The minimum Gasteiger partial charge on any atom is -0.368 e. The second kappa shape index (κ2) is 5.08. The molecule has 20 heavy (non-hydrogen) atoms. The van der Waals surface area contributed by atoms with Gasteiger partial charge >= 0.3 is 6.18 Å². The Kier molecular flexibility index (Phi) is 3.77. The van der Waals surface area contributed by atoms with E-state index in [9.17, 15) is 22.8 Å². The molecule has 0 spiro atoms. The van der Waals surface area contributed by atoms with E-state index in [1.165, 1.54) is 18.2 Å². The molecule has 1 aliphatic heterocycles. The molecule has 0 radical (unpaired) electrons. The van der Waals surface area contributed by atoms with E-state index in [4.69, 9.17) is 5.73 Å². The molecule has 2 rings (SSSR count). The van der Waals surface area contributed by atoms with Crippen LogP contribution in [0.25, 0.3) is 0 Å². The maximum atomic E-state index is 13.1. The Bertz CT molecular complexity index is 574. The van der Waals surface area contributed by atoms with Gasteiger partial charge in [0.05, 0.1) is 12.5 Å². The molecule has 1 aromatic rings. The highest BCUT2D eigenvalue weighted by Gasteiger charge is 2.47. The van der Waals surface area contributed by atoms with Gasteiger partial charge in [-0.05, 0) is 23.8 Å². The maximum Gasteiger partial charge on any atom is 0.397 e. The molecule has 1 aliphatic rings. The largest absolute Gasteiger partial charge is 0.397 e. The highest BCUT2D eigenvalue weighted by molar-refractivity contribution is 9.10. The highest BCUT2D eigenvalue weighted by atomic mass is 79.9. The topological polar surface area (TPSA) is 63.4 Å². The fourth-order valence-electron chi connectivity index (χ4n) is 2.19. The van der Waals surface area contributed by atoms with E-state index in [2.05, 4.69) is 15.9 Å². The molecule has 4 nitrogen and oxygen atoms in total. The highest BCUT2D eigenvalue weighted by Crippen LogP contribution is 2.41. The van der Waals surface area contributed by atoms with Crippen molar-refractivity contribution in [2.75, 3.05) is 13.1 Å². The van der Waals surface area contributed by atoms with Crippen molar-refractivity contribution >= 4 is 27.7 Å². The summed E-state index contributed by atoms with van der Waals surface area (Å²) in [6.07, 6.45) is -4.51. The van der Waals surface area contributed by atoms with Crippen LogP contribution in [0.5, 0.6) is 0 Å². The molecule has 108 valence electrons. The first-order valence-electron chi connectivity index (χ1n) is 5.64. The van der Waals surface area contributed by atoms with Crippen LogP contribution in [-0.4, -0.2) is 36.0 Å². The Morgan fingerprint density at radius 1 is 1.45 bits per heavy atom. The van der Waals surface area contributed by atoms with E-state index in [1.54, 1.807) is 0 Å². The van der Waals surface area contributed by atoms with Crippen LogP contribution in [0.2, 0.25) is 0 Å². The number of primary amides is 1. The van der Waals surface area contributed by atoms with Crippen LogP contribution < -0.4 is 5.73 Å². The number of benzene rings is 1. The number of hydrogen-bond acceptors (Lipinski definition) is 2. The number of nitrogens with two attached hydrogens (primary N) is 1. The lowest BCUT2D eigenvalue weighted by molar-refractivity contribution is -0.155. The standard InChI is InChI=1S/C12H10BrF3N2O2/c13-6-1-2-7-8(3-6)9(12(14,15)16)4-18(11(7)20)5-10(17)19/h1-3,9H,4-5H2,(H2,17,19). The van der Waals surface area contributed by atoms with E-state index in [1.807, 2.05) is 0 Å². The molecule has 1 aromatic carbocycles. The van der Waals surface area contributed by atoms with Crippen molar-refractivity contribution in [2.24, 2.45) is 5.73 Å². The van der Waals surface area contributed by atoms with Gasteiger partial charge in [0.15, 0.2) is 0 Å². The van der Waals surface area contributed by atoms with Crippen molar-refractivity contribution in [1.82, 2.24) is 4.90 Å². The Hall–Kier alpha value is -1.57. The fraction of sp³-hybridized carbons (Fsp3) is 0.333. The number of carbonyl (C=O) groups excluding carboxylic acids is 2. The predicted molar refractivity (Wildman–Crippen MR) is 68.0 cm³/mol. The third-order valence-electron chi connectivity index (χ3n) is 3.05. The van der Waals surface area contributed by atoms with Gasteiger partial charge in [-0.2, -0.15) is 13.2 Å². The smallest absolute Gasteiger partial charge is 0.368 e. The van der Waals surface area contributed by atoms with E-state index in [0.29, 0.717) is 4.47 Å². The minimum absolute atomic E-state index is 0.0528. The van der Waals surface area contributed by atoms with Crippen molar-refractivity contribution in [3.63, 3.8) is 0 Å². The van der Waals surface area contributed by atoms with Crippen molar-refractivity contribution in [1.29, 1.82) is 0 Å². The quantitative estimate of drug-likeness (QED) is 0.886. The first-order chi connectivity index (χ1) is 9.20. The molecule has 0 saturated heterocycles. The molecular weight excluding hydrogens is 341 g/mol. The van der Waals surface area contributed by atoms with Crippen LogP contribution in [0.4, 0.5) is 13.2 Å². The van der Waals surface area contributed by atoms with Crippen molar-refractivity contribution < 1.29 is 22.8 Å². The van der Waals surface area contributed by atoms with Crippen LogP contribution in [0.3, 0.4) is 0 Å². The summed E-state index contributed by atoms with van der Waals surface area (Å²) in [6.45, 7) is -1.13. The van der Waals surface area contributed by atoms with Gasteiger partial charge in [0.2, 0.25) is 5.91 Å². The number of rotatable bonds is 2. The van der Waals surface area contributed by atoms with Gasteiger partial charge < -0.3 is 10.6 Å². The van der Waals surface area contributed by atoms with Crippen molar-refractivity contribution in [3.8, 4) is 0 Å². The molecule has 0 saturated carbocycles. The Balaban J connectivity index is 2.50. The molecule has 0 bridgehead atoms. The monoisotopic (exact) mass is 350 g/mol. The summed E-state index contributed by atoms with van der Waals surface area (Å²) in [5, 5.41) is 0. The van der Waals surface area contributed by atoms with Gasteiger partial charge in [-0.25, -0.2) is 0 Å². The predicted octanol–water partition coefficient (Wildman–Crippen LogP) is 2.04. The summed E-state index contributed by atoms with van der Waals surface area (Å²) >= 11 is 3.09. The normalized spacial score (nSPS) is 18.9. The lowest BCUT2D eigenvalue weighted by Gasteiger charge is -2.34. The van der Waals surface area contributed by atoms with Gasteiger partial charge in [-0.3, -0.25) is 9.59 Å². The summed E-state index contributed by atoms with van der Waals surface area (Å²) < 4.78 is 39.8. The zero-order valence-electron chi connectivity index (χ0n) is 10.1. The SMILES string of the molecule is NC(=O)CN1CC(C(F)(F)F)c2cc(Br)ccc2C1=O. The molecule has 0 aliphatic carbocycles. The van der Waals surface area contributed by atoms with Crippen LogP contribution in [0, 0.1) is 0 Å². The number of fused-ring (bicyclic) bond motifs is 1. The van der Waals surface area contributed by atoms with Crippen molar-refractivity contribution in [3.05, 3.63) is 33.8 Å². The summed E-state index contributed by atoms with van der Waals surface area (Å²) in [7, 11) is 0. The average Bonchev–Trinajstić information content (AvgIpc) is 2.30. The van der Waals surface area contributed by atoms with Crippen LogP contribution >= 0.6 is 15.9 Å². The molecule has 2 N–H and O–H groups in total. The average molecular weight is 351 g/mol. The van der Waals surface area contributed by atoms with Gasteiger partial charge in [0.1, 0.15) is 0 Å². The van der Waals surface area contributed by atoms with Gasteiger partial charge in [-0.15, -0.1) is 0 Å². The van der Waals surface area contributed by atoms with E-state index in [0.717, 1.165) is 4.90 Å². The number of nitrogens with zero attached hydrogens (tertiary/aromatic N) is 1. The van der Waals surface area contributed by atoms with Crippen LogP contribution in [0.1, 0.15) is 21.8 Å². The Morgan fingerprint density at radius 3 is 2.65 bits per heavy atom. The number of hydrogen-bond donors (Lipinski definition) is 1.